The maximum absolute atomic E-state index is 5.91. The topological polar surface area (TPSA) is 50.1 Å². The highest BCUT2D eigenvalue weighted by molar-refractivity contribution is 7.80. The molecule has 0 fully saturated rings. The van der Waals surface area contributed by atoms with Crippen LogP contribution in [0.25, 0.3) is 0 Å². The van der Waals surface area contributed by atoms with Crippen molar-refractivity contribution in [1.82, 2.24) is 5.43 Å². The highest BCUT2D eigenvalue weighted by atomic mass is 35.5. The van der Waals surface area contributed by atoms with Crippen molar-refractivity contribution in [3.05, 3.63) is 28.8 Å². The molecule has 0 atom stereocenters. The summed E-state index contributed by atoms with van der Waals surface area (Å²) in [7, 11) is 0. The van der Waals surface area contributed by atoms with Crippen LogP contribution in [0.2, 0.25) is 5.02 Å². The van der Waals surface area contributed by atoms with E-state index in [1.54, 1.807) is 6.07 Å². The Hall–Kier alpha value is -0.840. The van der Waals surface area contributed by atoms with E-state index in [0.29, 0.717) is 10.1 Å². The van der Waals surface area contributed by atoms with E-state index < -0.39 is 0 Å². The maximum Gasteiger partial charge on any atom is 0.185 e. The number of hydrogen-bond donors (Lipinski definition) is 3. The standard InChI is InChI=1S/C8H10ClN3S/c1-5-2-3-6(9)7(4-5)11-8(13)12-10/h2-4H,10H2,1H3,(H2,11,12,13). The first-order chi connectivity index (χ1) is 6.13. The summed E-state index contributed by atoms with van der Waals surface area (Å²) in [5.41, 5.74) is 4.18. The first kappa shape index (κ1) is 10.2. The second-order valence-electron chi connectivity index (χ2n) is 2.58. The number of hydrogen-bond acceptors (Lipinski definition) is 2. The molecule has 70 valence electrons. The van der Waals surface area contributed by atoms with Crippen molar-refractivity contribution < 1.29 is 0 Å². The number of hydrazine groups is 1. The second kappa shape index (κ2) is 4.41. The van der Waals surface area contributed by atoms with Crippen LogP contribution in [0.5, 0.6) is 0 Å². The molecule has 0 aliphatic rings. The Morgan fingerprint density at radius 3 is 2.85 bits per heavy atom. The van der Waals surface area contributed by atoms with Crippen molar-refractivity contribution in [2.24, 2.45) is 5.84 Å². The fourth-order valence-corrected chi connectivity index (χ4v) is 1.17. The lowest BCUT2D eigenvalue weighted by Crippen LogP contribution is -2.34. The van der Waals surface area contributed by atoms with Crippen LogP contribution in [0.1, 0.15) is 5.56 Å². The lowest BCUT2D eigenvalue weighted by molar-refractivity contribution is 1.04. The van der Waals surface area contributed by atoms with E-state index in [4.69, 9.17) is 29.7 Å². The molecule has 3 nitrogen and oxygen atoms in total. The summed E-state index contributed by atoms with van der Waals surface area (Å²) >= 11 is 10.7. The Bertz CT molecular complexity index is 327. The maximum atomic E-state index is 5.91. The van der Waals surface area contributed by atoms with E-state index in [2.05, 4.69) is 10.7 Å². The van der Waals surface area contributed by atoms with Crippen molar-refractivity contribution in [3.8, 4) is 0 Å². The number of thiocarbonyl (C=S) groups is 1. The Labute approximate surface area is 87.2 Å². The molecular weight excluding hydrogens is 206 g/mol. The van der Waals surface area contributed by atoms with Crippen LogP contribution in [-0.2, 0) is 0 Å². The first-order valence-corrected chi connectivity index (χ1v) is 4.46. The Morgan fingerprint density at radius 1 is 1.54 bits per heavy atom. The van der Waals surface area contributed by atoms with Crippen LogP contribution in [0.4, 0.5) is 5.69 Å². The van der Waals surface area contributed by atoms with Gasteiger partial charge in [0, 0.05) is 0 Å². The van der Waals surface area contributed by atoms with Gasteiger partial charge < -0.3 is 10.7 Å². The molecule has 0 spiro atoms. The predicted molar refractivity (Wildman–Crippen MR) is 59.7 cm³/mol. The largest absolute Gasteiger partial charge is 0.330 e. The van der Waals surface area contributed by atoms with Crippen LogP contribution >= 0.6 is 23.8 Å². The molecular formula is C8H10ClN3S. The number of aryl methyl sites for hydroxylation is 1. The highest BCUT2D eigenvalue weighted by Crippen LogP contribution is 2.22. The van der Waals surface area contributed by atoms with Crippen molar-refractivity contribution in [1.29, 1.82) is 0 Å². The van der Waals surface area contributed by atoms with E-state index in [0.717, 1.165) is 11.3 Å². The van der Waals surface area contributed by atoms with Gasteiger partial charge in [0.1, 0.15) is 0 Å². The average molecular weight is 216 g/mol. The summed E-state index contributed by atoms with van der Waals surface area (Å²) in [6, 6.07) is 5.62. The zero-order valence-corrected chi connectivity index (χ0v) is 8.67. The van der Waals surface area contributed by atoms with Gasteiger partial charge in [0.05, 0.1) is 10.7 Å². The average Bonchev–Trinajstić information content (AvgIpc) is 2.11. The molecule has 0 unspecified atom stereocenters. The van der Waals surface area contributed by atoms with Crippen molar-refractivity contribution in [2.75, 3.05) is 5.32 Å². The van der Waals surface area contributed by atoms with Crippen LogP contribution < -0.4 is 16.6 Å². The zero-order valence-electron chi connectivity index (χ0n) is 7.10. The van der Waals surface area contributed by atoms with E-state index >= 15 is 0 Å². The van der Waals surface area contributed by atoms with Gasteiger partial charge in [-0.15, -0.1) is 0 Å². The van der Waals surface area contributed by atoms with Gasteiger partial charge in [0.25, 0.3) is 0 Å². The van der Waals surface area contributed by atoms with Gasteiger partial charge in [-0.2, -0.15) is 0 Å². The van der Waals surface area contributed by atoms with E-state index in [1.807, 2.05) is 19.1 Å². The number of halogens is 1. The summed E-state index contributed by atoms with van der Waals surface area (Å²) in [4.78, 5) is 0. The molecule has 0 aliphatic heterocycles. The minimum atomic E-state index is 0.340. The van der Waals surface area contributed by atoms with Crippen LogP contribution in [0, 0.1) is 6.92 Å². The third-order valence-electron chi connectivity index (χ3n) is 1.50. The molecule has 1 aromatic rings. The molecule has 0 saturated heterocycles. The van der Waals surface area contributed by atoms with Gasteiger partial charge in [0.2, 0.25) is 0 Å². The molecule has 4 N–H and O–H groups in total. The molecule has 0 amide bonds. The molecule has 0 radical (unpaired) electrons. The number of rotatable bonds is 1. The van der Waals surface area contributed by atoms with Crippen LogP contribution in [0.15, 0.2) is 18.2 Å². The van der Waals surface area contributed by atoms with Gasteiger partial charge in [-0.1, -0.05) is 17.7 Å². The van der Waals surface area contributed by atoms with Gasteiger partial charge in [0.15, 0.2) is 5.11 Å². The fourth-order valence-electron chi connectivity index (χ4n) is 0.893. The summed E-state index contributed by atoms with van der Waals surface area (Å²) in [6.07, 6.45) is 0. The first-order valence-electron chi connectivity index (χ1n) is 3.67. The van der Waals surface area contributed by atoms with Gasteiger partial charge >= 0.3 is 0 Å². The zero-order chi connectivity index (χ0) is 9.84. The molecule has 0 saturated carbocycles. The lowest BCUT2D eigenvalue weighted by atomic mass is 10.2. The monoisotopic (exact) mass is 215 g/mol. The molecule has 0 bridgehead atoms. The second-order valence-corrected chi connectivity index (χ2v) is 3.40. The molecule has 0 aliphatic carbocycles. The van der Waals surface area contributed by atoms with E-state index in [-0.39, 0.29) is 0 Å². The Balaban J connectivity index is 2.87. The number of anilines is 1. The van der Waals surface area contributed by atoms with Gasteiger partial charge in [-0.25, -0.2) is 5.84 Å². The Morgan fingerprint density at radius 2 is 2.23 bits per heavy atom. The third-order valence-corrected chi connectivity index (χ3v) is 2.05. The molecule has 0 aromatic heterocycles. The number of nitrogens with two attached hydrogens (primary N) is 1. The van der Waals surface area contributed by atoms with Crippen molar-refractivity contribution in [2.45, 2.75) is 6.92 Å². The van der Waals surface area contributed by atoms with Crippen molar-refractivity contribution in [3.63, 3.8) is 0 Å². The smallest absolute Gasteiger partial charge is 0.185 e. The summed E-state index contributed by atoms with van der Waals surface area (Å²) in [5.74, 6) is 5.11. The molecule has 13 heavy (non-hydrogen) atoms. The van der Waals surface area contributed by atoms with Crippen LogP contribution in [0.3, 0.4) is 0 Å². The van der Waals surface area contributed by atoms with Gasteiger partial charge in [-0.05, 0) is 36.8 Å². The van der Waals surface area contributed by atoms with E-state index in [9.17, 15) is 0 Å². The summed E-state index contributed by atoms with van der Waals surface area (Å²) in [5, 5.41) is 3.82. The van der Waals surface area contributed by atoms with Crippen LogP contribution in [-0.4, -0.2) is 5.11 Å². The fraction of sp³-hybridized carbons (Fsp3) is 0.125. The SMILES string of the molecule is Cc1ccc(Cl)c(NC(=S)NN)c1. The lowest BCUT2D eigenvalue weighted by Gasteiger charge is -2.08. The molecule has 1 rings (SSSR count). The molecule has 5 heteroatoms. The quantitative estimate of drug-likeness (QED) is 0.380. The normalized spacial score (nSPS) is 9.46. The highest BCUT2D eigenvalue weighted by Gasteiger charge is 2.00. The Kier molecular flexibility index (Phi) is 3.48. The summed E-state index contributed by atoms with van der Waals surface area (Å²) < 4.78 is 0. The minimum Gasteiger partial charge on any atom is -0.330 e. The predicted octanol–water partition coefficient (Wildman–Crippen LogP) is 1.81. The molecule has 1 aromatic carbocycles. The molecule has 0 heterocycles. The van der Waals surface area contributed by atoms with Crippen molar-refractivity contribution >= 4 is 34.6 Å². The summed E-state index contributed by atoms with van der Waals surface area (Å²) in [6.45, 7) is 1.97. The third kappa shape index (κ3) is 2.84. The van der Waals surface area contributed by atoms with E-state index in [1.165, 1.54) is 0 Å². The minimum absolute atomic E-state index is 0.340. The van der Waals surface area contributed by atoms with Gasteiger partial charge in [-0.3, -0.25) is 0 Å². The number of nitrogens with one attached hydrogen (secondary N) is 2. The number of benzene rings is 1.